The van der Waals surface area contributed by atoms with E-state index in [1.54, 1.807) is 4.90 Å². The first-order valence-electron chi connectivity index (χ1n) is 12.4. The van der Waals surface area contributed by atoms with Gasteiger partial charge in [-0.3, -0.25) is 14.4 Å². The molecular formula is C25H34N6O3S. The Morgan fingerprint density at radius 2 is 1.69 bits per heavy atom. The van der Waals surface area contributed by atoms with Crippen LogP contribution in [0.5, 0.6) is 0 Å². The molecule has 0 saturated carbocycles. The van der Waals surface area contributed by atoms with Crippen LogP contribution < -0.4 is 10.6 Å². The summed E-state index contributed by atoms with van der Waals surface area (Å²) < 4.78 is 0. The van der Waals surface area contributed by atoms with Crippen molar-refractivity contribution in [2.24, 2.45) is 5.92 Å². The lowest BCUT2D eigenvalue weighted by Gasteiger charge is -2.31. The molecule has 0 bridgehead atoms. The summed E-state index contributed by atoms with van der Waals surface area (Å²) >= 11 is 0.988. The lowest BCUT2D eigenvalue weighted by atomic mass is 9.96. The van der Waals surface area contributed by atoms with Crippen molar-refractivity contribution in [2.75, 3.05) is 38.0 Å². The molecule has 1 aromatic carbocycles. The fourth-order valence-corrected chi connectivity index (χ4v) is 5.32. The highest BCUT2D eigenvalue weighted by Crippen LogP contribution is 2.21. The number of benzene rings is 1. The number of hydrogen-bond acceptors (Lipinski definition) is 7. The van der Waals surface area contributed by atoms with E-state index in [0.717, 1.165) is 36.4 Å². The lowest BCUT2D eigenvalue weighted by Crippen LogP contribution is -2.43. The molecule has 1 atom stereocenters. The summed E-state index contributed by atoms with van der Waals surface area (Å²) in [4.78, 5) is 42.1. The molecule has 2 aromatic rings. The fourth-order valence-electron chi connectivity index (χ4n) is 4.62. The maximum atomic E-state index is 12.9. The maximum absolute atomic E-state index is 12.9. The number of nitrogens with one attached hydrogen (secondary N) is 2. The molecule has 2 aliphatic rings. The molecule has 188 valence electrons. The number of piperidine rings is 1. The SMILES string of the molecule is Cc1ccc(NC(=O)c2nnc(C(=O)N3CCC(C(=O)NCC[C@@H](C)N4CCCC4)CC3)s2)cc1. The molecule has 10 heteroatoms. The van der Waals surface area contributed by atoms with Gasteiger partial charge < -0.3 is 20.4 Å². The molecule has 35 heavy (non-hydrogen) atoms. The molecule has 2 saturated heterocycles. The molecule has 0 spiro atoms. The molecule has 2 N–H and O–H groups in total. The van der Waals surface area contributed by atoms with Crippen molar-refractivity contribution in [3.8, 4) is 0 Å². The number of rotatable bonds is 8. The van der Waals surface area contributed by atoms with E-state index in [1.165, 1.54) is 12.8 Å². The van der Waals surface area contributed by atoms with Crippen LogP contribution in [0.1, 0.15) is 64.2 Å². The quantitative estimate of drug-likeness (QED) is 0.580. The van der Waals surface area contributed by atoms with Crippen molar-refractivity contribution in [1.29, 1.82) is 0 Å². The van der Waals surface area contributed by atoms with Crippen molar-refractivity contribution in [2.45, 2.75) is 52.0 Å². The molecule has 0 unspecified atom stereocenters. The Hall–Kier alpha value is -2.85. The number of carbonyl (C=O) groups excluding carboxylic acids is 3. The number of hydrogen-bond donors (Lipinski definition) is 2. The zero-order valence-electron chi connectivity index (χ0n) is 20.5. The number of aryl methyl sites for hydroxylation is 1. The highest BCUT2D eigenvalue weighted by molar-refractivity contribution is 7.15. The second-order valence-corrected chi connectivity index (χ2v) is 10.4. The van der Waals surface area contributed by atoms with Gasteiger partial charge in [0.25, 0.3) is 11.8 Å². The van der Waals surface area contributed by atoms with E-state index in [1.807, 2.05) is 31.2 Å². The molecule has 1 aromatic heterocycles. The Kier molecular flexibility index (Phi) is 8.46. The first kappa shape index (κ1) is 25.2. The van der Waals surface area contributed by atoms with Gasteiger partial charge in [-0.15, -0.1) is 10.2 Å². The zero-order chi connectivity index (χ0) is 24.8. The predicted octanol–water partition coefficient (Wildman–Crippen LogP) is 2.94. The zero-order valence-corrected chi connectivity index (χ0v) is 21.3. The van der Waals surface area contributed by atoms with Crippen LogP contribution in [0.3, 0.4) is 0 Å². The van der Waals surface area contributed by atoms with Gasteiger partial charge in [-0.05, 0) is 71.2 Å². The number of carbonyl (C=O) groups is 3. The summed E-state index contributed by atoms with van der Waals surface area (Å²) in [6.07, 6.45) is 4.75. The normalized spacial score (nSPS) is 17.8. The van der Waals surface area contributed by atoms with Crippen LogP contribution in [0.2, 0.25) is 0 Å². The summed E-state index contributed by atoms with van der Waals surface area (Å²) in [5, 5.41) is 14.0. The Balaban J connectivity index is 1.21. The van der Waals surface area contributed by atoms with Crippen LogP contribution in [0.4, 0.5) is 5.69 Å². The van der Waals surface area contributed by atoms with Crippen molar-refractivity contribution < 1.29 is 14.4 Å². The average Bonchev–Trinajstić information content (AvgIpc) is 3.58. The monoisotopic (exact) mass is 498 g/mol. The van der Waals surface area contributed by atoms with E-state index in [-0.39, 0.29) is 33.7 Å². The molecule has 0 radical (unpaired) electrons. The number of amides is 3. The van der Waals surface area contributed by atoms with Crippen LogP contribution in [0.15, 0.2) is 24.3 Å². The summed E-state index contributed by atoms with van der Waals surface area (Å²) in [6, 6.07) is 7.93. The van der Waals surface area contributed by atoms with Crippen LogP contribution >= 0.6 is 11.3 Å². The largest absolute Gasteiger partial charge is 0.356 e. The second kappa shape index (κ2) is 11.7. The van der Waals surface area contributed by atoms with Crippen LogP contribution in [0.25, 0.3) is 0 Å². The third-order valence-corrected chi connectivity index (χ3v) is 7.80. The summed E-state index contributed by atoms with van der Waals surface area (Å²) in [6.45, 7) is 8.20. The molecule has 3 amide bonds. The van der Waals surface area contributed by atoms with Gasteiger partial charge in [-0.25, -0.2) is 0 Å². The van der Waals surface area contributed by atoms with Gasteiger partial charge in [-0.1, -0.05) is 29.0 Å². The molecule has 3 heterocycles. The Labute approximate surface area is 210 Å². The molecule has 0 aliphatic carbocycles. The number of anilines is 1. The predicted molar refractivity (Wildman–Crippen MR) is 136 cm³/mol. The summed E-state index contributed by atoms with van der Waals surface area (Å²) in [5.41, 5.74) is 1.76. The van der Waals surface area contributed by atoms with E-state index in [0.29, 0.717) is 44.2 Å². The van der Waals surface area contributed by atoms with Crippen LogP contribution in [0, 0.1) is 12.8 Å². The van der Waals surface area contributed by atoms with E-state index >= 15 is 0 Å². The third-order valence-electron chi connectivity index (χ3n) is 6.89. The Morgan fingerprint density at radius 1 is 1.03 bits per heavy atom. The smallest absolute Gasteiger partial charge is 0.286 e. The third kappa shape index (κ3) is 6.64. The van der Waals surface area contributed by atoms with E-state index < -0.39 is 0 Å². The number of nitrogens with zero attached hydrogens (tertiary/aromatic N) is 4. The van der Waals surface area contributed by atoms with Crippen molar-refractivity contribution >= 4 is 34.7 Å². The van der Waals surface area contributed by atoms with Gasteiger partial charge in [0.1, 0.15) is 0 Å². The molecule has 2 fully saturated rings. The fraction of sp³-hybridized carbons (Fsp3) is 0.560. The number of likely N-dealkylation sites (tertiary alicyclic amines) is 2. The minimum absolute atomic E-state index is 0.0774. The van der Waals surface area contributed by atoms with Gasteiger partial charge in [0.2, 0.25) is 15.9 Å². The second-order valence-electron chi connectivity index (χ2n) is 9.47. The van der Waals surface area contributed by atoms with Crippen molar-refractivity contribution in [3.63, 3.8) is 0 Å². The average molecular weight is 499 g/mol. The Bertz CT molecular complexity index is 1030. The van der Waals surface area contributed by atoms with E-state index in [4.69, 9.17) is 0 Å². The molecule has 9 nitrogen and oxygen atoms in total. The van der Waals surface area contributed by atoms with Crippen LogP contribution in [-0.4, -0.2) is 76.5 Å². The lowest BCUT2D eigenvalue weighted by molar-refractivity contribution is -0.126. The standard InChI is InChI=1S/C25H34N6O3S/c1-17-5-7-20(8-6-17)27-22(33)23-28-29-24(35-23)25(34)31-15-10-19(11-16-31)21(32)26-12-9-18(2)30-13-3-4-14-30/h5-8,18-19H,3-4,9-16H2,1-2H3,(H,26,32)(H,27,33)/t18-/m1/s1. The van der Waals surface area contributed by atoms with E-state index in [9.17, 15) is 14.4 Å². The van der Waals surface area contributed by atoms with Gasteiger partial charge in [0.15, 0.2) is 0 Å². The molecule has 4 rings (SSSR count). The maximum Gasteiger partial charge on any atom is 0.286 e. The topological polar surface area (TPSA) is 108 Å². The van der Waals surface area contributed by atoms with Crippen LogP contribution in [-0.2, 0) is 4.79 Å². The highest BCUT2D eigenvalue weighted by Gasteiger charge is 2.30. The number of aromatic nitrogens is 2. The molecular weight excluding hydrogens is 464 g/mol. The highest BCUT2D eigenvalue weighted by atomic mass is 32.1. The first-order valence-corrected chi connectivity index (χ1v) is 13.2. The summed E-state index contributed by atoms with van der Waals surface area (Å²) in [5.74, 6) is -0.627. The van der Waals surface area contributed by atoms with Gasteiger partial charge in [0, 0.05) is 37.3 Å². The van der Waals surface area contributed by atoms with Gasteiger partial charge >= 0.3 is 0 Å². The Morgan fingerprint density at radius 3 is 2.37 bits per heavy atom. The van der Waals surface area contributed by atoms with Gasteiger partial charge in [0.05, 0.1) is 0 Å². The minimum Gasteiger partial charge on any atom is -0.356 e. The van der Waals surface area contributed by atoms with Gasteiger partial charge in [-0.2, -0.15) is 0 Å². The minimum atomic E-state index is -0.389. The van der Waals surface area contributed by atoms with Crippen molar-refractivity contribution in [1.82, 2.24) is 25.3 Å². The van der Waals surface area contributed by atoms with E-state index in [2.05, 4.69) is 32.7 Å². The molecule has 2 aliphatic heterocycles. The van der Waals surface area contributed by atoms with Crippen molar-refractivity contribution in [3.05, 3.63) is 39.8 Å². The summed E-state index contributed by atoms with van der Waals surface area (Å²) in [7, 11) is 0. The first-order chi connectivity index (χ1) is 16.9.